The molecule has 3 heteroatoms. The van der Waals surface area contributed by atoms with E-state index in [9.17, 15) is 9.90 Å². The largest absolute Gasteiger partial charge is 0.480 e. The Hall–Kier alpha value is -0.570. The molecular formula is C11H21NO2. The van der Waals surface area contributed by atoms with Gasteiger partial charge in [0.2, 0.25) is 0 Å². The molecule has 2 atom stereocenters. The van der Waals surface area contributed by atoms with Crippen LogP contribution in [0.25, 0.3) is 0 Å². The number of rotatable bonds is 3. The van der Waals surface area contributed by atoms with Gasteiger partial charge in [0.15, 0.2) is 0 Å². The molecule has 1 saturated heterocycles. The summed E-state index contributed by atoms with van der Waals surface area (Å²) in [7, 11) is 0. The van der Waals surface area contributed by atoms with Crippen molar-refractivity contribution in [1.29, 1.82) is 0 Å². The van der Waals surface area contributed by atoms with Crippen LogP contribution in [0.3, 0.4) is 0 Å². The zero-order valence-corrected chi connectivity index (χ0v) is 9.42. The number of nitrogens with zero attached hydrogens (tertiary/aromatic N) is 1. The molecule has 0 aliphatic carbocycles. The van der Waals surface area contributed by atoms with Crippen molar-refractivity contribution >= 4 is 5.97 Å². The number of hydrogen-bond acceptors (Lipinski definition) is 2. The third-order valence-electron chi connectivity index (χ3n) is 3.53. The summed E-state index contributed by atoms with van der Waals surface area (Å²) in [6, 6.07) is 0.372. The first kappa shape index (κ1) is 11.5. The summed E-state index contributed by atoms with van der Waals surface area (Å²) < 4.78 is 0. The number of carbonyl (C=O) groups is 1. The Bertz CT molecular complexity index is 217. The first-order chi connectivity index (χ1) is 6.52. The maximum atomic E-state index is 11.3. The average Bonchev–Trinajstić information content (AvgIpc) is 2.17. The Balaban J connectivity index is 2.83. The fourth-order valence-corrected chi connectivity index (χ4v) is 2.30. The average molecular weight is 199 g/mol. The van der Waals surface area contributed by atoms with Crippen LogP contribution in [0.5, 0.6) is 0 Å². The van der Waals surface area contributed by atoms with Crippen LogP contribution < -0.4 is 0 Å². The molecule has 1 rings (SSSR count). The predicted octanol–water partition coefficient (Wildman–Crippen LogP) is 2.11. The lowest BCUT2D eigenvalue weighted by Gasteiger charge is -2.45. The number of carboxylic acids is 1. The summed E-state index contributed by atoms with van der Waals surface area (Å²) in [5, 5.41) is 9.27. The third kappa shape index (κ3) is 1.92. The first-order valence-electron chi connectivity index (χ1n) is 5.52. The monoisotopic (exact) mass is 199 g/mol. The normalized spacial score (nSPS) is 31.4. The molecule has 0 bridgehead atoms. The lowest BCUT2D eigenvalue weighted by Crippen LogP contribution is -2.58. The Labute approximate surface area is 86.1 Å². The van der Waals surface area contributed by atoms with E-state index < -0.39 is 11.5 Å². The van der Waals surface area contributed by atoms with Gasteiger partial charge in [0.1, 0.15) is 5.54 Å². The van der Waals surface area contributed by atoms with Gasteiger partial charge in [-0.25, -0.2) is 0 Å². The second-order valence-electron chi connectivity index (χ2n) is 4.49. The Kier molecular flexibility index (Phi) is 3.53. The summed E-state index contributed by atoms with van der Waals surface area (Å²) in [6.07, 6.45) is 3.97. The molecule has 1 aliphatic rings. The van der Waals surface area contributed by atoms with Gasteiger partial charge in [-0.1, -0.05) is 6.92 Å². The summed E-state index contributed by atoms with van der Waals surface area (Å²) in [5.41, 5.74) is -0.631. The van der Waals surface area contributed by atoms with E-state index in [2.05, 4.69) is 18.7 Å². The quantitative estimate of drug-likeness (QED) is 0.756. The summed E-state index contributed by atoms with van der Waals surface area (Å²) in [6.45, 7) is 7.02. The molecule has 0 radical (unpaired) electrons. The molecule has 1 heterocycles. The lowest BCUT2D eigenvalue weighted by molar-refractivity contribution is -0.154. The standard InChI is InChI=1S/C11H21NO2/c1-4-9(2)12-8-6-5-7-11(12,3)10(13)14/h9H,4-8H2,1-3H3,(H,13,14). The van der Waals surface area contributed by atoms with Crippen LogP contribution in [0.4, 0.5) is 0 Å². The molecule has 82 valence electrons. The van der Waals surface area contributed by atoms with E-state index in [1.165, 1.54) is 0 Å². The van der Waals surface area contributed by atoms with E-state index in [1.807, 2.05) is 6.92 Å². The maximum absolute atomic E-state index is 11.3. The van der Waals surface area contributed by atoms with E-state index in [4.69, 9.17) is 0 Å². The SMILES string of the molecule is CCC(C)N1CCCCC1(C)C(=O)O. The molecule has 1 fully saturated rings. The van der Waals surface area contributed by atoms with E-state index >= 15 is 0 Å². The van der Waals surface area contributed by atoms with Gasteiger partial charge >= 0.3 is 5.97 Å². The van der Waals surface area contributed by atoms with Gasteiger partial charge in [-0.05, 0) is 46.1 Å². The van der Waals surface area contributed by atoms with Crippen molar-refractivity contribution < 1.29 is 9.90 Å². The molecular weight excluding hydrogens is 178 g/mol. The molecule has 2 unspecified atom stereocenters. The third-order valence-corrected chi connectivity index (χ3v) is 3.53. The number of piperidine rings is 1. The van der Waals surface area contributed by atoms with Crippen molar-refractivity contribution in [3.8, 4) is 0 Å². The van der Waals surface area contributed by atoms with Gasteiger partial charge in [-0.3, -0.25) is 9.69 Å². The number of aliphatic carboxylic acids is 1. The summed E-state index contributed by atoms with van der Waals surface area (Å²) in [4.78, 5) is 13.4. The zero-order chi connectivity index (χ0) is 10.8. The van der Waals surface area contributed by atoms with E-state index in [0.29, 0.717) is 6.04 Å². The van der Waals surface area contributed by atoms with Crippen molar-refractivity contribution in [3.05, 3.63) is 0 Å². The zero-order valence-electron chi connectivity index (χ0n) is 9.42. The molecule has 3 nitrogen and oxygen atoms in total. The van der Waals surface area contributed by atoms with Crippen LogP contribution in [0, 0.1) is 0 Å². The van der Waals surface area contributed by atoms with Crippen molar-refractivity contribution in [2.75, 3.05) is 6.54 Å². The van der Waals surface area contributed by atoms with Crippen molar-refractivity contribution in [2.45, 2.75) is 58.0 Å². The Morgan fingerprint density at radius 2 is 2.21 bits per heavy atom. The van der Waals surface area contributed by atoms with Crippen molar-refractivity contribution in [2.24, 2.45) is 0 Å². The second kappa shape index (κ2) is 4.30. The number of likely N-dealkylation sites (tertiary alicyclic amines) is 1. The molecule has 0 aromatic carbocycles. The lowest BCUT2D eigenvalue weighted by atomic mass is 9.87. The minimum atomic E-state index is -0.669. The number of hydrogen-bond donors (Lipinski definition) is 1. The van der Waals surface area contributed by atoms with Crippen LogP contribution in [0.2, 0.25) is 0 Å². The van der Waals surface area contributed by atoms with Crippen LogP contribution in [0.1, 0.15) is 46.5 Å². The highest BCUT2D eigenvalue weighted by atomic mass is 16.4. The molecule has 14 heavy (non-hydrogen) atoms. The topological polar surface area (TPSA) is 40.5 Å². The molecule has 0 amide bonds. The molecule has 0 spiro atoms. The Morgan fingerprint density at radius 1 is 1.57 bits per heavy atom. The van der Waals surface area contributed by atoms with E-state index in [1.54, 1.807) is 0 Å². The second-order valence-corrected chi connectivity index (χ2v) is 4.49. The van der Waals surface area contributed by atoms with Crippen LogP contribution in [-0.4, -0.2) is 34.1 Å². The highest BCUT2D eigenvalue weighted by molar-refractivity contribution is 5.78. The van der Waals surface area contributed by atoms with Gasteiger partial charge in [-0.2, -0.15) is 0 Å². The van der Waals surface area contributed by atoms with Crippen LogP contribution in [0.15, 0.2) is 0 Å². The van der Waals surface area contributed by atoms with Gasteiger partial charge in [-0.15, -0.1) is 0 Å². The fraction of sp³-hybridized carbons (Fsp3) is 0.909. The Morgan fingerprint density at radius 3 is 2.71 bits per heavy atom. The predicted molar refractivity (Wildman–Crippen MR) is 56.4 cm³/mol. The maximum Gasteiger partial charge on any atom is 0.323 e. The van der Waals surface area contributed by atoms with Crippen LogP contribution >= 0.6 is 0 Å². The van der Waals surface area contributed by atoms with Crippen LogP contribution in [-0.2, 0) is 4.79 Å². The van der Waals surface area contributed by atoms with Crippen molar-refractivity contribution in [3.63, 3.8) is 0 Å². The fourth-order valence-electron chi connectivity index (χ4n) is 2.30. The van der Waals surface area contributed by atoms with Gasteiger partial charge in [0.25, 0.3) is 0 Å². The molecule has 1 aliphatic heterocycles. The van der Waals surface area contributed by atoms with Gasteiger partial charge in [0.05, 0.1) is 0 Å². The minimum Gasteiger partial charge on any atom is -0.480 e. The highest BCUT2D eigenvalue weighted by Gasteiger charge is 2.42. The van der Waals surface area contributed by atoms with Gasteiger partial charge in [0, 0.05) is 6.04 Å². The molecule has 1 N–H and O–H groups in total. The summed E-state index contributed by atoms with van der Waals surface area (Å²) >= 11 is 0. The molecule has 0 saturated carbocycles. The molecule has 0 aromatic heterocycles. The highest BCUT2D eigenvalue weighted by Crippen LogP contribution is 2.30. The van der Waals surface area contributed by atoms with E-state index in [-0.39, 0.29) is 0 Å². The smallest absolute Gasteiger partial charge is 0.323 e. The van der Waals surface area contributed by atoms with E-state index in [0.717, 1.165) is 32.2 Å². The molecule has 0 aromatic rings. The minimum absolute atomic E-state index is 0.372. The number of carboxylic acid groups (broad SMARTS) is 1. The first-order valence-corrected chi connectivity index (χ1v) is 5.52. The van der Waals surface area contributed by atoms with Crippen molar-refractivity contribution in [1.82, 2.24) is 4.90 Å². The summed E-state index contributed by atoms with van der Waals surface area (Å²) in [5.74, 6) is -0.669. The van der Waals surface area contributed by atoms with Gasteiger partial charge < -0.3 is 5.11 Å².